The van der Waals surface area contributed by atoms with E-state index < -0.39 is 5.79 Å². The van der Waals surface area contributed by atoms with E-state index in [1.165, 1.54) is 0 Å². The first-order valence-corrected chi connectivity index (χ1v) is 5.31. The number of rotatable bonds is 2. The zero-order valence-corrected chi connectivity index (χ0v) is 8.90. The third-order valence-corrected chi connectivity index (χ3v) is 3.13. The third kappa shape index (κ3) is 1.67. The smallest absolute Gasteiger partial charge is 0.182 e. The normalized spacial score (nSPS) is 32.1. The number of aliphatic hydroxyl groups excluding tert-OH is 1. The molecule has 2 saturated heterocycles. The molecular formula is C10H19NO3. The Morgan fingerprint density at radius 1 is 1.43 bits per heavy atom. The lowest BCUT2D eigenvalue weighted by Gasteiger charge is -2.26. The topological polar surface area (TPSA) is 41.9 Å². The van der Waals surface area contributed by atoms with Crippen molar-refractivity contribution in [3.8, 4) is 0 Å². The predicted octanol–water partition coefficient (Wildman–Crippen LogP) is 0.204. The van der Waals surface area contributed by atoms with Crippen LogP contribution in [0.1, 0.15) is 20.3 Å². The molecule has 1 N–H and O–H groups in total. The largest absolute Gasteiger partial charge is 0.395 e. The first-order chi connectivity index (χ1) is 6.67. The molecule has 1 unspecified atom stereocenters. The highest BCUT2D eigenvalue weighted by Crippen LogP contribution is 2.35. The summed E-state index contributed by atoms with van der Waals surface area (Å²) in [5, 5.41) is 9.28. The quantitative estimate of drug-likeness (QED) is 0.693. The number of ether oxygens (including phenoxy) is 2. The lowest BCUT2D eigenvalue weighted by atomic mass is 10.1. The molecule has 2 fully saturated rings. The monoisotopic (exact) mass is 201 g/mol. The molecule has 14 heavy (non-hydrogen) atoms. The highest BCUT2D eigenvalue weighted by molar-refractivity contribution is 4.94. The standard InChI is InChI=1S/C10H19NO3/c1-8(2)11-7-10(5-9(11)6-12)13-3-4-14-10/h8-9,12H,3-7H2,1-2H3. The van der Waals surface area contributed by atoms with E-state index in [9.17, 15) is 5.11 Å². The molecule has 0 aliphatic carbocycles. The summed E-state index contributed by atoms with van der Waals surface area (Å²) in [6.45, 7) is 6.62. The van der Waals surface area contributed by atoms with Crippen LogP contribution in [0.25, 0.3) is 0 Å². The molecule has 0 bridgehead atoms. The fourth-order valence-corrected chi connectivity index (χ4v) is 2.43. The molecule has 0 saturated carbocycles. The van der Waals surface area contributed by atoms with Gasteiger partial charge in [-0.3, -0.25) is 4.90 Å². The van der Waals surface area contributed by atoms with E-state index in [1.807, 2.05) is 0 Å². The van der Waals surface area contributed by atoms with Crippen molar-refractivity contribution in [2.75, 3.05) is 26.4 Å². The summed E-state index contributed by atoms with van der Waals surface area (Å²) in [6.07, 6.45) is 0.793. The molecular weight excluding hydrogens is 182 g/mol. The average molecular weight is 201 g/mol. The minimum absolute atomic E-state index is 0.187. The van der Waals surface area contributed by atoms with Gasteiger partial charge >= 0.3 is 0 Å². The van der Waals surface area contributed by atoms with Crippen LogP contribution in [-0.2, 0) is 9.47 Å². The van der Waals surface area contributed by atoms with Crippen LogP contribution in [0.15, 0.2) is 0 Å². The van der Waals surface area contributed by atoms with Gasteiger partial charge in [0, 0.05) is 18.5 Å². The molecule has 1 atom stereocenters. The van der Waals surface area contributed by atoms with Crippen LogP contribution in [0.5, 0.6) is 0 Å². The van der Waals surface area contributed by atoms with Crippen molar-refractivity contribution in [3.63, 3.8) is 0 Å². The molecule has 1 spiro atoms. The SMILES string of the molecule is CC(C)N1CC2(CC1CO)OCCO2. The minimum atomic E-state index is -0.419. The summed E-state index contributed by atoms with van der Waals surface area (Å²) in [4.78, 5) is 2.26. The van der Waals surface area contributed by atoms with Crippen molar-refractivity contribution >= 4 is 0 Å². The lowest BCUT2D eigenvalue weighted by Crippen LogP contribution is -2.39. The molecule has 2 aliphatic heterocycles. The molecule has 4 heteroatoms. The molecule has 0 amide bonds. The maximum Gasteiger partial charge on any atom is 0.182 e. The molecule has 4 nitrogen and oxygen atoms in total. The van der Waals surface area contributed by atoms with Crippen LogP contribution in [-0.4, -0.2) is 54.2 Å². The summed E-state index contributed by atoms with van der Waals surface area (Å²) in [6, 6.07) is 0.618. The van der Waals surface area contributed by atoms with Gasteiger partial charge in [-0.2, -0.15) is 0 Å². The lowest BCUT2D eigenvalue weighted by molar-refractivity contribution is -0.146. The Labute approximate surface area is 84.8 Å². The van der Waals surface area contributed by atoms with E-state index in [1.54, 1.807) is 0 Å². The Morgan fingerprint density at radius 3 is 2.50 bits per heavy atom. The van der Waals surface area contributed by atoms with Gasteiger partial charge in [0.1, 0.15) is 0 Å². The summed E-state index contributed by atoms with van der Waals surface area (Å²) >= 11 is 0. The van der Waals surface area contributed by atoms with E-state index in [2.05, 4.69) is 18.7 Å². The predicted molar refractivity (Wildman–Crippen MR) is 52.0 cm³/mol. The number of aliphatic hydroxyl groups is 1. The highest BCUT2D eigenvalue weighted by Gasteiger charge is 2.48. The number of hydrogen-bond donors (Lipinski definition) is 1. The average Bonchev–Trinajstić information content (AvgIpc) is 2.74. The molecule has 0 aromatic carbocycles. The van der Waals surface area contributed by atoms with Gasteiger partial charge in [0.05, 0.1) is 26.4 Å². The van der Waals surface area contributed by atoms with E-state index in [0.717, 1.165) is 13.0 Å². The number of nitrogens with zero attached hydrogens (tertiary/aromatic N) is 1. The summed E-state index contributed by atoms with van der Waals surface area (Å²) < 4.78 is 11.3. The first kappa shape index (κ1) is 10.4. The molecule has 2 aliphatic rings. The second-order valence-electron chi connectivity index (χ2n) is 4.41. The fourth-order valence-electron chi connectivity index (χ4n) is 2.43. The Bertz CT molecular complexity index is 202. The van der Waals surface area contributed by atoms with Crippen LogP contribution in [0.3, 0.4) is 0 Å². The van der Waals surface area contributed by atoms with Crippen molar-refractivity contribution in [2.45, 2.75) is 38.1 Å². The zero-order chi connectivity index (χ0) is 10.2. The van der Waals surface area contributed by atoms with Crippen molar-refractivity contribution in [2.24, 2.45) is 0 Å². The van der Waals surface area contributed by atoms with Gasteiger partial charge in [0.15, 0.2) is 5.79 Å². The minimum Gasteiger partial charge on any atom is -0.395 e. The van der Waals surface area contributed by atoms with E-state index in [4.69, 9.17) is 9.47 Å². The van der Waals surface area contributed by atoms with E-state index in [-0.39, 0.29) is 12.6 Å². The van der Waals surface area contributed by atoms with Gasteiger partial charge < -0.3 is 14.6 Å². The molecule has 2 rings (SSSR count). The molecule has 0 aromatic rings. The van der Waals surface area contributed by atoms with E-state index >= 15 is 0 Å². The van der Waals surface area contributed by atoms with Crippen LogP contribution in [0.2, 0.25) is 0 Å². The number of hydrogen-bond acceptors (Lipinski definition) is 4. The maximum atomic E-state index is 9.28. The summed E-state index contributed by atoms with van der Waals surface area (Å²) in [5.41, 5.74) is 0. The van der Waals surface area contributed by atoms with E-state index in [0.29, 0.717) is 19.3 Å². The molecule has 0 aromatic heterocycles. The molecule has 0 radical (unpaired) electrons. The van der Waals surface area contributed by atoms with Crippen molar-refractivity contribution < 1.29 is 14.6 Å². The van der Waals surface area contributed by atoms with Gasteiger partial charge in [-0.1, -0.05) is 0 Å². The van der Waals surface area contributed by atoms with Crippen LogP contribution in [0.4, 0.5) is 0 Å². The maximum absolute atomic E-state index is 9.28. The summed E-state index contributed by atoms with van der Waals surface area (Å²) in [5.74, 6) is -0.419. The van der Waals surface area contributed by atoms with Crippen LogP contribution >= 0.6 is 0 Å². The van der Waals surface area contributed by atoms with Gasteiger partial charge in [-0.05, 0) is 13.8 Å². The van der Waals surface area contributed by atoms with Gasteiger partial charge in [-0.15, -0.1) is 0 Å². The first-order valence-electron chi connectivity index (χ1n) is 5.31. The van der Waals surface area contributed by atoms with Crippen LogP contribution < -0.4 is 0 Å². The van der Waals surface area contributed by atoms with Gasteiger partial charge in [-0.25, -0.2) is 0 Å². The Morgan fingerprint density at radius 2 is 2.07 bits per heavy atom. The van der Waals surface area contributed by atoms with Crippen molar-refractivity contribution in [3.05, 3.63) is 0 Å². The van der Waals surface area contributed by atoms with Crippen molar-refractivity contribution in [1.82, 2.24) is 4.90 Å². The van der Waals surface area contributed by atoms with Gasteiger partial charge in [0.25, 0.3) is 0 Å². The van der Waals surface area contributed by atoms with Crippen LogP contribution in [0, 0.1) is 0 Å². The second-order valence-corrected chi connectivity index (χ2v) is 4.41. The molecule has 82 valence electrons. The molecule has 2 heterocycles. The Balaban J connectivity index is 2.06. The summed E-state index contributed by atoms with van der Waals surface area (Å²) in [7, 11) is 0. The fraction of sp³-hybridized carbons (Fsp3) is 1.00. The zero-order valence-electron chi connectivity index (χ0n) is 8.90. The Kier molecular flexibility index (Phi) is 2.79. The number of likely N-dealkylation sites (tertiary alicyclic amines) is 1. The third-order valence-electron chi connectivity index (χ3n) is 3.13. The second kappa shape index (κ2) is 3.77. The van der Waals surface area contributed by atoms with Gasteiger partial charge in [0.2, 0.25) is 0 Å². The highest BCUT2D eigenvalue weighted by atomic mass is 16.7. The Hall–Kier alpha value is -0.160. The van der Waals surface area contributed by atoms with Crippen molar-refractivity contribution in [1.29, 1.82) is 0 Å².